The molecule has 0 aromatic heterocycles. The minimum atomic E-state index is -4.38. The fraction of sp³-hybridized carbons (Fsp3) is 0.857. The molecule has 0 radical (unpaired) electrons. The number of carbonyl (C=O) groups excluding carboxylic acids is 1. The van der Waals surface area contributed by atoms with Crippen molar-refractivity contribution in [2.45, 2.75) is 31.3 Å². The predicted molar refractivity (Wildman–Crippen MR) is 43.6 cm³/mol. The summed E-state index contributed by atoms with van der Waals surface area (Å²) in [4.78, 5) is 10.8. The van der Waals surface area contributed by atoms with Gasteiger partial charge in [-0.05, 0) is 6.42 Å². The van der Waals surface area contributed by atoms with Gasteiger partial charge in [0, 0.05) is 0 Å². The SMILES string of the molecule is CCC[C@@H](Cl)C(=O)NCC(F)(F)F. The molecular formula is C7H11ClF3NO. The van der Waals surface area contributed by atoms with Gasteiger partial charge in [-0.15, -0.1) is 11.6 Å². The minimum Gasteiger partial charge on any atom is -0.346 e. The molecule has 0 aliphatic rings. The van der Waals surface area contributed by atoms with Crippen molar-refractivity contribution < 1.29 is 18.0 Å². The van der Waals surface area contributed by atoms with Gasteiger partial charge in [-0.2, -0.15) is 13.2 Å². The van der Waals surface area contributed by atoms with E-state index in [0.29, 0.717) is 12.8 Å². The Morgan fingerprint density at radius 3 is 2.46 bits per heavy atom. The summed E-state index contributed by atoms with van der Waals surface area (Å²) in [5.74, 6) is -0.763. The lowest BCUT2D eigenvalue weighted by molar-refractivity contribution is -0.138. The molecule has 1 atom stereocenters. The Hall–Kier alpha value is -0.450. The monoisotopic (exact) mass is 217 g/mol. The molecule has 0 aromatic rings. The van der Waals surface area contributed by atoms with Crippen molar-refractivity contribution in [1.29, 1.82) is 0 Å². The van der Waals surface area contributed by atoms with Crippen LogP contribution in [-0.2, 0) is 4.79 Å². The number of halogens is 4. The zero-order valence-electron chi connectivity index (χ0n) is 7.12. The average molecular weight is 218 g/mol. The van der Waals surface area contributed by atoms with Crippen LogP contribution in [0.15, 0.2) is 0 Å². The molecule has 0 aliphatic heterocycles. The molecule has 0 rings (SSSR count). The first kappa shape index (κ1) is 12.6. The number of rotatable bonds is 4. The molecule has 2 nitrogen and oxygen atoms in total. The number of carbonyl (C=O) groups is 1. The normalized spacial score (nSPS) is 13.9. The maximum atomic E-state index is 11.6. The smallest absolute Gasteiger partial charge is 0.346 e. The Bertz CT molecular complexity index is 172. The lowest BCUT2D eigenvalue weighted by atomic mass is 10.2. The number of amides is 1. The molecular weight excluding hydrogens is 207 g/mol. The molecule has 0 saturated carbocycles. The van der Waals surface area contributed by atoms with Crippen LogP contribution in [-0.4, -0.2) is 24.0 Å². The predicted octanol–water partition coefficient (Wildman–Crippen LogP) is 2.07. The van der Waals surface area contributed by atoms with Crippen molar-refractivity contribution in [3.8, 4) is 0 Å². The zero-order valence-corrected chi connectivity index (χ0v) is 7.87. The molecule has 0 bridgehead atoms. The van der Waals surface area contributed by atoms with E-state index in [1.807, 2.05) is 0 Å². The zero-order chi connectivity index (χ0) is 10.5. The fourth-order valence-corrected chi connectivity index (χ4v) is 0.978. The van der Waals surface area contributed by atoms with Gasteiger partial charge in [-0.25, -0.2) is 0 Å². The highest BCUT2D eigenvalue weighted by Crippen LogP contribution is 2.13. The van der Waals surface area contributed by atoms with E-state index >= 15 is 0 Å². The van der Waals surface area contributed by atoms with Crippen molar-refractivity contribution in [1.82, 2.24) is 5.32 Å². The topological polar surface area (TPSA) is 29.1 Å². The summed E-state index contributed by atoms with van der Waals surface area (Å²) in [6.45, 7) is 0.477. The van der Waals surface area contributed by atoms with E-state index in [9.17, 15) is 18.0 Å². The third kappa shape index (κ3) is 6.69. The van der Waals surface area contributed by atoms with E-state index in [-0.39, 0.29) is 0 Å². The van der Waals surface area contributed by atoms with Crippen LogP contribution in [0.2, 0.25) is 0 Å². The first-order valence-electron chi connectivity index (χ1n) is 3.85. The molecule has 0 unspecified atom stereocenters. The number of hydrogen-bond acceptors (Lipinski definition) is 1. The highest BCUT2D eigenvalue weighted by Gasteiger charge is 2.28. The van der Waals surface area contributed by atoms with Crippen LogP contribution in [0.1, 0.15) is 19.8 Å². The van der Waals surface area contributed by atoms with Crippen LogP contribution in [0.3, 0.4) is 0 Å². The van der Waals surface area contributed by atoms with Gasteiger partial charge in [0.05, 0.1) is 0 Å². The van der Waals surface area contributed by atoms with Crippen molar-refractivity contribution in [2.75, 3.05) is 6.54 Å². The second-order valence-electron chi connectivity index (χ2n) is 2.59. The molecule has 6 heteroatoms. The summed E-state index contributed by atoms with van der Waals surface area (Å²) in [6, 6.07) is 0. The third-order valence-electron chi connectivity index (χ3n) is 1.29. The molecule has 0 saturated heterocycles. The van der Waals surface area contributed by atoms with Gasteiger partial charge in [0.1, 0.15) is 11.9 Å². The Labute approximate surface area is 79.4 Å². The second-order valence-corrected chi connectivity index (χ2v) is 3.12. The molecule has 0 aliphatic carbocycles. The van der Waals surface area contributed by atoms with Gasteiger partial charge in [0.25, 0.3) is 0 Å². The number of hydrogen-bond donors (Lipinski definition) is 1. The van der Waals surface area contributed by atoms with E-state index in [0.717, 1.165) is 0 Å². The fourth-order valence-electron chi connectivity index (χ4n) is 0.683. The summed E-state index contributed by atoms with van der Waals surface area (Å²) in [6.07, 6.45) is -3.34. The van der Waals surface area contributed by atoms with Crippen LogP contribution in [0.25, 0.3) is 0 Å². The lowest BCUT2D eigenvalue weighted by Gasteiger charge is -2.11. The van der Waals surface area contributed by atoms with Gasteiger partial charge in [0.15, 0.2) is 0 Å². The standard InChI is InChI=1S/C7H11ClF3NO/c1-2-3-5(8)6(13)12-4-7(9,10)11/h5H,2-4H2,1H3,(H,12,13)/t5-/m1/s1. The molecule has 0 aromatic carbocycles. The molecule has 0 spiro atoms. The molecule has 1 amide bonds. The molecule has 1 N–H and O–H groups in total. The Kier molecular flexibility index (Phi) is 5.13. The van der Waals surface area contributed by atoms with Gasteiger partial charge in [-0.3, -0.25) is 4.79 Å². The van der Waals surface area contributed by atoms with Crippen LogP contribution in [0, 0.1) is 0 Å². The third-order valence-corrected chi connectivity index (χ3v) is 1.71. The summed E-state index contributed by atoms with van der Waals surface area (Å²) in [7, 11) is 0. The van der Waals surface area contributed by atoms with Crippen LogP contribution < -0.4 is 5.32 Å². The van der Waals surface area contributed by atoms with Crippen molar-refractivity contribution in [3.05, 3.63) is 0 Å². The molecule has 78 valence electrons. The largest absolute Gasteiger partial charge is 0.405 e. The Morgan fingerprint density at radius 2 is 2.08 bits per heavy atom. The van der Waals surface area contributed by atoms with Crippen molar-refractivity contribution in [2.24, 2.45) is 0 Å². The van der Waals surface area contributed by atoms with E-state index in [1.54, 1.807) is 12.2 Å². The van der Waals surface area contributed by atoms with E-state index in [2.05, 4.69) is 0 Å². The minimum absolute atomic E-state index is 0.380. The molecule has 0 fully saturated rings. The van der Waals surface area contributed by atoms with E-state index in [4.69, 9.17) is 11.6 Å². The maximum absolute atomic E-state index is 11.6. The quantitative estimate of drug-likeness (QED) is 0.718. The van der Waals surface area contributed by atoms with Crippen molar-refractivity contribution >= 4 is 17.5 Å². The summed E-state index contributed by atoms with van der Waals surface area (Å²) >= 11 is 5.48. The molecule has 13 heavy (non-hydrogen) atoms. The van der Waals surface area contributed by atoms with Gasteiger partial charge < -0.3 is 5.32 Å². The van der Waals surface area contributed by atoms with Crippen LogP contribution in [0.4, 0.5) is 13.2 Å². The van der Waals surface area contributed by atoms with E-state index < -0.39 is 24.0 Å². The first-order valence-corrected chi connectivity index (χ1v) is 4.29. The van der Waals surface area contributed by atoms with Crippen molar-refractivity contribution in [3.63, 3.8) is 0 Å². The number of alkyl halides is 4. The molecule has 0 heterocycles. The first-order chi connectivity index (χ1) is 5.87. The van der Waals surface area contributed by atoms with E-state index in [1.165, 1.54) is 0 Å². The second kappa shape index (κ2) is 5.32. The highest BCUT2D eigenvalue weighted by atomic mass is 35.5. The van der Waals surface area contributed by atoms with Gasteiger partial charge >= 0.3 is 6.18 Å². The summed E-state index contributed by atoms with van der Waals surface area (Å²) in [5, 5.41) is 0.843. The van der Waals surface area contributed by atoms with Gasteiger partial charge in [0.2, 0.25) is 5.91 Å². The maximum Gasteiger partial charge on any atom is 0.405 e. The lowest BCUT2D eigenvalue weighted by Crippen LogP contribution is -2.38. The van der Waals surface area contributed by atoms with Crippen LogP contribution >= 0.6 is 11.6 Å². The number of nitrogens with one attached hydrogen (secondary N) is 1. The average Bonchev–Trinajstić information content (AvgIpc) is 1.99. The van der Waals surface area contributed by atoms with Crippen LogP contribution in [0.5, 0.6) is 0 Å². The summed E-state index contributed by atoms with van der Waals surface area (Å²) < 4.78 is 34.8. The van der Waals surface area contributed by atoms with Gasteiger partial charge in [-0.1, -0.05) is 13.3 Å². The summed E-state index contributed by atoms with van der Waals surface area (Å²) in [5.41, 5.74) is 0. The Balaban J connectivity index is 3.74. The highest BCUT2D eigenvalue weighted by molar-refractivity contribution is 6.30. The Morgan fingerprint density at radius 1 is 1.54 bits per heavy atom.